The normalized spacial score (nSPS) is 6.86. The molecule has 0 amide bonds. The Hall–Kier alpha value is -0.510. The number of guanidine groups is 1. The van der Waals surface area contributed by atoms with Crippen molar-refractivity contribution in [3.8, 4) is 6.19 Å². The Kier molecular flexibility index (Phi) is 2.44. The van der Waals surface area contributed by atoms with Crippen LogP contribution in [0.1, 0.15) is 0 Å². The molecule has 4 nitrogen and oxygen atoms in total. The van der Waals surface area contributed by atoms with E-state index in [-0.39, 0.29) is 5.96 Å². The van der Waals surface area contributed by atoms with Crippen LogP contribution in [0, 0.1) is 16.9 Å². The predicted octanol–water partition coefficient (Wildman–Crippen LogP) is 0.0130. The highest BCUT2D eigenvalue weighted by molar-refractivity contribution is 14.1. The Morgan fingerprint density at radius 1 is 2.00 bits per heavy atom. The van der Waals surface area contributed by atoms with Gasteiger partial charge < -0.3 is 5.73 Å². The first-order chi connectivity index (χ1) is 3.18. The SMILES string of the molecule is N#CN(I)C(=N)N. The summed E-state index contributed by atoms with van der Waals surface area (Å²) in [7, 11) is 0. The molecule has 0 spiro atoms. The Bertz CT molecular complexity index is 113. The lowest BCUT2D eigenvalue weighted by Crippen LogP contribution is -2.23. The van der Waals surface area contributed by atoms with Crippen LogP contribution in [0.5, 0.6) is 0 Å². The largest absolute Gasteiger partial charge is 0.369 e. The molecule has 38 valence electrons. The molecule has 0 aromatic rings. The van der Waals surface area contributed by atoms with Crippen molar-refractivity contribution in [2.45, 2.75) is 0 Å². The lowest BCUT2D eigenvalue weighted by atomic mass is 11.0. The van der Waals surface area contributed by atoms with Crippen LogP contribution < -0.4 is 5.73 Å². The summed E-state index contributed by atoms with van der Waals surface area (Å²) in [5.41, 5.74) is 4.83. The molecule has 0 saturated carbocycles. The van der Waals surface area contributed by atoms with E-state index in [0.717, 1.165) is 3.11 Å². The molecule has 0 aliphatic rings. The van der Waals surface area contributed by atoms with Gasteiger partial charge in [0.2, 0.25) is 5.96 Å². The van der Waals surface area contributed by atoms with E-state index >= 15 is 0 Å². The monoisotopic (exact) mass is 210 g/mol. The molecule has 0 atom stereocenters. The summed E-state index contributed by atoms with van der Waals surface area (Å²) < 4.78 is 0.928. The lowest BCUT2D eigenvalue weighted by molar-refractivity contribution is 0.976. The maximum atomic E-state index is 7.95. The molecule has 0 aliphatic carbocycles. The number of hydrogen-bond donors (Lipinski definition) is 2. The molecule has 0 heterocycles. The van der Waals surface area contributed by atoms with Gasteiger partial charge in [0.05, 0.1) is 22.9 Å². The van der Waals surface area contributed by atoms with Crippen LogP contribution in [0.25, 0.3) is 0 Å². The third kappa shape index (κ3) is 2.22. The fraction of sp³-hybridized carbons (Fsp3) is 0. The Labute approximate surface area is 54.9 Å². The van der Waals surface area contributed by atoms with E-state index in [1.165, 1.54) is 0 Å². The van der Waals surface area contributed by atoms with E-state index in [2.05, 4.69) is 0 Å². The van der Waals surface area contributed by atoms with Crippen molar-refractivity contribution < 1.29 is 0 Å². The highest BCUT2D eigenvalue weighted by atomic mass is 127. The first-order valence-corrected chi connectivity index (χ1v) is 2.34. The number of nitrogens with two attached hydrogens (primary N) is 1. The smallest absolute Gasteiger partial charge is 0.211 e. The second-order valence-corrected chi connectivity index (χ2v) is 1.73. The molecular formula is C2H3IN4. The van der Waals surface area contributed by atoms with E-state index in [0.29, 0.717) is 0 Å². The average Bonchev–Trinajstić information content (AvgIpc) is 1.65. The molecule has 0 saturated heterocycles. The van der Waals surface area contributed by atoms with E-state index in [1.54, 1.807) is 29.1 Å². The summed E-state index contributed by atoms with van der Waals surface area (Å²) in [5.74, 6) is -0.247. The Balaban J connectivity index is 3.63. The number of rotatable bonds is 0. The molecule has 3 N–H and O–H groups in total. The van der Waals surface area contributed by atoms with Gasteiger partial charge in [0.25, 0.3) is 0 Å². The number of hydrogen-bond acceptors (Lipinski definition) is 2. The summed E-state index contributed by atoms with van der Waals surface area (Å²) in [6.45, 7) is 0. The quantitative estimate of drug-likeness (QED) is 0.148. The van der Waals surface area contributed by atoms with Crippen LogP contribution >= 0.6 is 22.9 Å². The van der Waals surface area contributed by atoms with Gasteiger partial charge in [-0.2, -0.15) is 8.38 Å². The molecule has 0 aromatic carbocycles. The minimum absolute atomic E-state index is 0.247. The fourth-order valence-corrected chi connectivity index (χ4v) is 0.0539. The zero-order valence-corrected chi connectivity index (χ0v) is 5.51. The average molecular weight is 210 g/mol. The van der Waals surface area contributed by atoms with Crippen molar-refractivity contribution in [2.75, 3.05) is 0 Å². The zero-order chi connectivity index (χ0) is 5.86. The first kappa shape index (κ1) is 6.49. The van der Waals surface area contributed by atoms with Gasteiger partial charge in [-0.25, -0.2) is 0 Å². The second-order valence-electron chi connectivity index (χ2n) is 0.766. The van der Waals surface area contributed by atoms with Crippen molar-refractivity contribution in [3.05, 3.63) is 0 Å². The van der Waals surface area contributed by atoms with Gasteiger partial charge in [0.15, 0.2) is 6.19 Å². The molecule has 5 heteroatoms. The van der Waals surface area contributed by atoms with Crippen molar-refractivity contribution in [1.82, 2.24) is 3.11 Å². The van der Waals surface area contributed by atoms with Crippen molar-refractivity contribution in [3.63, 3.8) is 0 Å². The van der Waals surface area contributed by atoms with Crippen LogP contribution in [0.3, 0.4) is 0 Å². The maximum Gasteiger partial charge on any atom is 0.211 e. The van der Waals surface area contributed by atoms with E-state index in [9.17, 15) is 0 Å². The summed E-state index contributed by atoms with van der Waals surface area (Å²) in [5, 5.41) is 14.5. The molecule has 0 aliphatic heterocycles. The van der Waals surface area contributed by atoms with Gasteiger partial charge in [0.1, 0.15) is 0 Å². The third-order valence-corrected chi connectivity index (χ3v) is 1.03. The molecule has 0 radical (unpaired) electrons. The summed E-state index contributed by atoms with van der Waals surface area (Å²) >= 11 is 1.62. The standard InChI is InChI=1S/C2H3IN4/c3-7(1-4)2(5)6/h(H3,5,6). The van der Waals surface area contributed by atoms with E-state index in [4.69, 9.17) is 16.4 Å². The fourth-order valence-electron chi connectivity index (χ4n) is 0.0539. The molecule has 0 bridgehead atoms. The van der Waals surface area contributed by atoms with Gasteiger partial charge in [-0.05, 0) is 0 Å². The minimum atomic E-state index is -0.247. The van der Waals surface area contributed by atoms with Crippen LogP contribution in [0.4, 0.5) is 0 Å². The van der Waals surface area contributed by atoms with E-state index in [1.807, 2.05) is 0 Å². The van der Waals surface area contributed by atoms with Crippen LogP contribution in [0.15, 0.2) is 0 Å². The Morgan fingerprint density at radius 2 is 2.43 bits per heavy atom. The molecule has 0 aromatic heterocycles. The van der Waals surface area contributed by atoms with E-state index < -0.39 is 0 Å². The Morgan fingerprint density at radius 3 is 2.43 bits per heavy atom. The lowest BCUT2D eigenvalue weighted by Gasteiger charge is -1.97. The number of nitrogens with one attached hydrogen (secondary N) is 1. The van der Waals surface area contributed by atoms with Crippen molar-refractivity contribution >= 4 is 28.8 Å². The van der Waals surface area contributed by atoms with Gasteiger partial charge >= 0.3 is 0 Å². The van der Waals surface area contributed by atoms with Crippen LogP contribution in [-0.2, 0) is 0 Å². The number of nitriles is 1. The number of nitrogens with zero attached hydrogens (tertiary/aromatic N) is 2. The second kappa shape index (κ2) is 2.63. The molecular weight excluding hydrogens is 207 g/mol. The zero-order valence-electron chi connectivity index (χ0n) is 3.35. The first-order valence-electron chi connectivity index (χ1n) is 1.38. The number of halogens is 1. The topological polar surface area (TPSA) is 76.9 Å². The molecule has 0 fully saturated rings. The minimum Gasteiger partial charge on any atom is -0.369 e. The highest BCUT2D eigenvalue weighted by Crippen LogP contribution is 1.90. The van der Waals surface area contributed by atoms with Crippen LogP contribution in [-0.4, -0.2) is 9.07 Å². The van der Waals surface area contributed by atoms with Crippen molar-refractivity contribution in [1.29, 1.82) is 10.7 Å². The predicted molar refractivity (Wildman–Crippen MR) is 33.4 cm³/mol. The van der Waals surface area contributed by atoms with Crippen molar-refractivity contribution in [2.24, 2.45) is 5.73 Å². The third-order valence-electron chi connectivity index (χ3n) is 0.299. The van der Waals surface area contributed by atoms with Gasteiger partial charge in [-0.15, -0.1) is 0 Å². The molecule has 7 heavy (non-hydrogen) atoms. The van der Waals surface area contributed by atoms with Crippen LogP contribution in [0.2, 0.25) is 0 Å². The van der Waals surface area contributed by atoms with Gasteiger partial charge in [-0.1, -0.05) is 0 Å². The van der Waals surface area contributed by atoms with Gasteiger partial charge in [-0.3, -0.25) is 5.41 Å². The summed E-state index contributed by atoms with van der Waals surface area (Å²) in [6.07, 6.45) is 1.63. The molecule has 0 unspecified atom stereocenters. The highest BCUT2D eigenvalue weighted by Gasteiger charge is 1.93. The summed E-state index contributed by atoms with van der Waals surface area (Å²) in [6, 6.07) is 0. The molecule has 0 rings (SSSR count). The maximum absolute atomic E-state index is 7.95. The summed E-state index contributed by atoms with van der Waals surface area (Å²) in [4.78, 5) is 0. The van der Waals surface area contributed by atoms with Gasteiger partial charge in [0, 0.05) is 0 Å².